The Labute approximate surface area is 96.1 Å². The first kappa shape index (κ1) is 13.4. The molecular formula is C10H19NO4S. The van der Waals surface area contributed by atoms with Crippen LogP contribution in [0.3, 0.4) is 0 Å². The van der Waals surface area contributed by atoms with Gasteiger partial charge >= 0.3 is 0 Å². The van der Waals surface area contributed by atoms with Gasteiger partial charge in [0, 0.05) is 12.6 Å². The Bertz CT molecular complexity index is 339. The zero-order valence-electron chi connectivity index (χ0n) is 9.48. The Balaban J connectivity index is 2.46. The van der Waals surface area contributed by atoms with Crippen LogP contribution in [0.25, 0.3) is 0 Å². The quantitative estimate of drug-likeness (QED) is 0.700. The highest BCUT2D eigenvalue weighted by Gasteiger charge is 2.33. The van der Waals surface area contributed by atoms with Gasteiger partial charge in [-0.2, -0.15) is 0 Å². The molecule has 0 saturated carbocycles. The van der Waals surface area contributed by atoms with Crippen molar-refractivity contribution in [3.8, 4) is 0 Å². The molecule has 1 fully saturated rings. The van der Waals surface area contributed by atoms with Gasteiger partial charge in [0.1, 0.15) is 0 Å². The molecule has 2 atom stereocenters. The Morgan fingerprint density at radius 2 is 2.25 bits per heavy atom. The van der Waals surface area contributed by atoms with Crippen LogP contribution < -0.4 is 5.32 Å². The first-order valence-electron chi connectivity index (χ1n) is 5.60. The lowest BCUT2D eigenvalue weighted by Crippen LogP contribution is -2.39. The van der Waals surface area contributed by atoms with Crippen LogP contribution >= 0.6 is 0 Å². The second kappa shape index (κ2) is 5.63. The molecule has 0 aromatic carbocycles. The average molecular weight is 249 g/mol. The highest BCUT2D eigenvalue weighted by atomic mass is 32.2. The molecule has 2 unspecified atom stereocenters. The summed E-state index contributed by atoms with van der Waals surface area (Å²) in [5.74, 6) is -0.518. The molecule has 94 valence electrons. The van der Waals surface area contributed by atoms with E-state index in [9.17, 15) is 13.2 Å². The van der Waals surface area contributed by atoms with Crippen molar-refractivity contribution in [2.24, 2.45) is 5.92 Å². The summed E-state index contributed by atoms with van der Waals surface area (Å²) in [6, 6.07) is -0.0548. The molecule has 1 rings (SSSR count). The van der Waals surface area contributed by atoms with Crippen LogP contribution in [-0.2, 0) is 14.6 Å². The molecule has 6 heteroatoms. The van der Waals surface area contributed by atoms with Crippen LogP contribution in [0.5, 0.6) is 0 Å². The van der Waals surface area contributed by atoms with Crippen molar-refractivity contribution < 1.29 is 18.3 Å². The number of carbonyl (C=O) groups excluding carboxylic acids is 1. The highest BCUT2D eigenvalue weighted by molar-refractivity contribution is 7.91. The molecule has 1 amide bonds. The van der Waals surface area contributed by atoms with Crippen molar-refractivity contribution in [2.75, 3.05) is 18.1 Å². The smallest absolute Gasteiger partial charge is 0.224 e. The summed E-state index contributed by atoms with van der Waals surface area (Å²) in [7, 11) is -3.01. The Morgan fingerprint density at radius 1 is 1.56 bits per heavy atom. The van der Waals surface area contributed by atoms with Gasteiger partial charge in [-0.15, -0.1) is 0 Å². The normalized spacial score (nSPS) is 25.2. The first-order valence-corrected chi connectivity index (χ1v) is 7.42. The van der Waals surface area contributed by atoms with Crippen molar-refractivity contribution in [2.45, 2.75) is 32.2 Å². The van der Waals surface area contributed by atoms with Gasteiger partial charge < -0.3 is 10.4 Å². The minimum Gasteiger partial charge on any atom is -0.396 e. The van der Waals surface area contributed by atoms with Crippen molar-refractivity contribution in [3.05, 3.63) is 0 Å². The number of rotatable bonds is 5. The van der Waals surface area contributed by atoms with E-state index in [-0.39, 0.29) is 30.1 Å². The fraction of sp³-hybridized carbons (Fsp3) is 0.900. The number of aliphatic hydroxyl groups excluding tert-OH is 1. The molecule has 1 heterocycles. The summed E-state index contributed by atoms with van der Waals surface area (Å²) >= 11 is 0. The third kappa shape index (κ3) is 3.75. The highest BCUT2D eigenvalue weighted by Crippen LogP contribution is 2.18. The van der Waals surface area contributed by atoms with Crippen LogP contribution in [0, 0.1) is 5.92 Å². The van der Waals surface area contributed by atoms with Crippen molar-refractivity contribution in [1.82, 2.24) is 5.32 Å². The maximum absolute atomic E-state index is 11.7. The Hall–Kier alpha value is -0.620. The first-order chi connectivity index (χ1) is 7.48. The molecule has 0 aliphatic carbocycles. The summed E-state index contributed by atoms with van der Waals surface area (Å²) in [6.45, 7) is 1.95. The lowest BCUT2D eigenvalue weighted by atomic mass is 10.1. The standard InChI is InChI=1S/C10H19NO4S/c1-2-9(3-5-12)11-10(13)8-4-6-16(14,15)7-8/h8-9,12H,2-7H2,1H3,(H,11,13). The van der Waals surface area contributed by atoms with Gasteiger partial charge in [0.25, 0.3) is 0 Å². The van der Waals surface area contributed by atoms with Crippen LogP contribution in [0.15, 0.2) is 0 Å². The van der Waals surface area contributed by atoms with E-state index in [1.54, 1.807) is 0 Å². The van der Waals surface area contributed by atoms with Gasteiger partial charge in [0.05, 0.1) is 17.4 Å². The number of sulfone groups is 1. The van der Waals surface area contributed by atoms with Gasteiger partial charge in [-0.3, -0.25) is 4.79 Å². The maximum atomic E-state index is 11.7. The van der Waals surface area contributed by atoms with Crippen LogP contribution in [0.2, 0.25) is 0 Å². The van der Waals surface area contributed by atoms with Crippen molar-refractivity contribution in [3.63, 3.8) is 0 Å². The molecule has 0 aromatic heterocycles. The van der Waals surface area contributed by atoms with Crippen molar-refractivity contribution in [1.29, 1.82) is 0 Å². The molecule has 2 N–H and O–H groups in total. The monoisotopic (exact) mass is 249 g/mol. The fourth-order valence-electron chi connectivity index (χ4n) is 1.86. The summed E-state index contributed by atoms with van der Waals surface area (Å²) in [4.78, 5) is 11.7. The summed E-state index contributed by atoms with van der Waals surface area (Å²) in [6.07, 6.45) is 1.68. The summed E-state index contributed by atoms with van der Waals surface area (Å²) < 4.78 is 22.4. The second-order valence-corrected chi connectivity index (χ2v) is 6.45. The third-order valence-corrected chi connectivity index (χ3v) is 4.69. The SMILES string of the molecule is CCC(CCO)NC(=O)C1CCS(=O)(=O)C1. The largest absolute Gasteiger partial charge is 0.396 e. The summed E-state index contributed by atoms with van der Waals surface area (Å²) in [5, 5.41) is 11.6. The molecule has 0 aromatic rings. The lowest BCUT2D eigenvalue weighted by molar-refractivity contribution is -0.125. The Kier molecular flexibility index (Phi) is 4.73. The van der Waals surface area contributed by atoms with E-state index in [1.165, 1.54) is 0 Å². The van der Waals surface area contributed by atoms with Crippen LogP contribution in [0.4, 0.5) is 0 Å². The minimum atomic E-state index is -3.01. The Morgan fingerprint density at radius 3 is 2.69 bits per heavy atom. The van der Waals surface area contributed by atoms with Gasteiger partial charge in [-0.1, -0.05) is 6.92 Å². The molecular weight excluding hydrogens is 230 g/mol. The molecule has 0 radical (unpaired) electrons. The predicted octanol–water partition coefficient (Wildman–Crippen LogP) is -0.302. The molecule has 1 saturated heterocycles. The van der Waals surface area contributed by atoms with Crippen LogP contribution in [-0.4, -0.2) is 43.6 Å². The minimum absolute atomic E-state index is 0.0295. The number of carbonyl (C=O) groups is 1. The number of nitrogens with one attached hydrogen (secondary N) is 1. The molecule has 0 spiro atoms. The van der Waals surface area contributed by atoms with E-state index in [2.05, 4.69) is 5.32 Å². The zero-order valence-corrected chi connectivity index (χ0v) is 10.3. The van der Waals surface area contributed by atoms with Gasteiger partial charge in [0.15, 0.2) is 9.84 Å². The number of aliphatic hydroxyl groups is 1. The average Bonchev–Trinajstić information content (AvgIpc) is 2.58. The second-order valence-electron chi connectivity index (χ2n) is 4.23. The van der Waals surface area contributed by atoms with E-state index >= 15 is 0 Å². The number of amides is 1. The zero-order chi connectivity index (χ0) is 12.2. The van der Waals surface area contributed by atoms with E-state index in [0.29, 0.717) is 12.8 Å². The molecule has 0 bridgehead atoms. The van der Waals surface area contributed by atoms with Gasteiger partial charge in [-0.25, -0.2) is 8.42 Å². The molecule has 16 heavy (non-hydrogen) atoms. The van der Waals surface area contributed by atoms with Gasteiger partial charge in [-0.05, 0) is 19.3 Å². The topological polar surface area (TPSA) is 83.5 Å². The van der Waals surface area contributed by atoms with Crippen molar-refractivity contribution >= 4 is 15.7 Å². The molecule has 1 aliphatic heterocycles. The van der Waals surface area contributed by atoms with E-state index in [1.807, 2.05) is 6.92 Å². The lowest BCUT2D eigenvalue weighted by Gasteiger charge is -2.17. The maximum Gasteiger partial charge on any atom is 0.224 e. The fourth-order valence-corrected chi connectivity index (χ4v) is 3.60. The molecule has 5 nitrogen and oxygen atoms in total. The van der Waals surface area contributed by atoms with Gasteiger partial charge in [0.2, 0.25) is 5.91 Å². The van der Waals surface area contributed by atoms with Crippen LogP contribution in [0.1, 0.15) is 26.2 Å². The number of hydrogen-bond acceptors (Lipinski definition) is 4. The van der Waals surface area contributed by atoms with E-state index in [0.717, 1.165) is 6.42 Å². The summed E-state index contributed by atoms with van der Waals surface area (Å²) in [5.41, 5.74) is 0. The predicted molar refractivity (Wildman–Crippen MR) is 60.7 cm³/mol. The van der Waals surface area contributed by atoms with E-state index < -0.39 is 15.8 Å². The van der Waals surface area contributed by atoms with E-state index in [4.69, 9.17) is 5.11 Å². The third-order valence-electron chi connectivity index (χ3n) is 2.92. The molecule has 1 aliphatic rings. The number of hydrogen-bond donors (Lipinski definition) is 2.